The number of amides is 2. The van der Waals surface area contributed by atoms with Gasteiger partial charge in [0.1, 0.15) is 6.04 Å². The lowest BCUT2D eigenvalue weighted by Crippen LogP contribution is -2.46. The second-order valence-corrected chi connectivity index (χ2v) is 5.57. The van der Waals surface area contributed by atoms with Crippen LogP contribution in [0.4, 0.5) is 4.79 Å². The fourth-order valence-corrected chi connectivity index (χ4v) is 3.06. The highest BCUT2D eigenvalue weighted by Crippen LogP contribution is 2.27. The van der Waals surface area contributed by atoms with Gasteiger partial charge in [0.15, 0.2) is 0 Å². The van der Waals surface area contributed by atoms with Crippen molar-refractivity contribution in [2.75, 3.05) is 13.1 Å². The van der Waals surface area contributed by atoms with Crippen LogP contribution in [-0.4, -0.2) is 52.3 Å². The Morgan fingerprint density at radius 1 is 1.26 bits per heavy atom. The molecule has 0 unspecified atom stereocenters. The second kappa shape index (κ2) is 6.23. The van der Waals surface area contributed by atoms with Gasteiger partial charge >= 0.3 is 12.0 Å². The van der Waals surface area contributed by atoms with Gasteiger partial charge in [0.05, 0.1) is 6.10 Å². The van der Waals surface area contributed by atoms with Crippen molar-refractivity contribution in [1.82, 2.24) is 10.2 Å². The molecule has 2 aliphatic rings. The number of aliphatic hydroxyl groups excluding tert-OH is 1. The van der Waals surface area contributed by atoms with Gasteiger partial charge in [0.2, 0.25) is 0 Å². The zero-order chi connectivity index (χ0) is 13.8. The van der Waals surface area contributed by atoms with E-state index in [1.165, 1.54) is 30.6 Å². The van der Waals surface area contributed by atoms with E-state index >= 15 is 0 Å². The molecule has 1 saturated heterocycles. The average molecular weight is 270 g/mol. The van der Waals surface area contributed by atoms with Crippen LogP contribution in [0, 0.1) is 5.92 Å². The van der Waals surface area contributed by atoms with Crippen molar-refractivity contribution < 1.29 is 19.8 Å². The smallest absolute Gasteiger partial charge is 0.326 e. The Kier molecular flexibility index (Phi) is 4.63. The van der Waals surface area contributed by atoms with Gasteiger partial charge in [-0.2, -0.15) is 0 Å². The summed E-state index contributed by atoms with van der Waals surface area (Å²) in [5.41, 5.74) is 0. The van der Waals surface area contributed by atoms with Crippen LogP contribution in [0.25, 0.3) is 0 Å². The molecule has 2 rings (SSSR count). The SMILES string of the molecule is O=C(O)[C@H]1C[C@@H](O)CN1C(=O)NCCC1CCCC1. The van der Waals surface area contributed by atoms with Gasteiger partial charge < -0.3 is 20.4 Å². The first-order valence-corrected chi connectivity index (χ1v) is 7.03. The molecule has 0 radical (unpaired) electrons. The third-order valence-electron chi connectivity index (χ3n) is 4.13. The first-order chi connectivity index (χ1) is 9.08. The fraction of sp³-hybridized carbons (Fsp3) is 0.846. The van der Waals surface area contributed by atoms with E-state index in [1.54, 1.807) is 0 Å². The molecule has 108 valence electrons. The fourth-order valence-electron chi connectivity index (χ4n) is 3.06. The van der Waals surface area contributed by atoms with E-state index < -0.39 is 18.1 Å². The normalized spacial score (nSPS) is 27.7. The highest BCUT2D eigenvalue weighted by atomic mass is 16.4. The number of likely N-dealkylation sites (tertiary alicyclic amines) is 1. The minimum atomic E-state index is -1.05. The van der Waals surface area contributed by atoms with Crippen LogP contribution in [-0.2, 0) is 4.79 Å². The standard InChI is InChI=1S/C13H22N2O4/c16-10-7-11(12(17)18)15(8-10)13(19)14-6-5-9-3-1-2-4-9/h9-11,16H,1-8H2,(H,14,19)(H,17,18)/t10-,11-/m1/s1. The van der Waals surface area contributed by atoms with E-state index in [4.69, 9.17) is 5.11 Å². The van der Waals surface area contributed by atoms with Gasteiger partial charge in [-0.1, -0.05) is 25.7 Å². The molecular formula is C13H22N2O4. The topological polar surface area (TPSA) is 89.9 Å². The molecule has 19 heavy (non-hydrogen) atoms. The molecule has 0 aromatic carbocycles. The molecule has 3 N–H and O–H groups in total. The van der Waals surface area contributed by atoms with Crippen LogP contribution in [0.3, 0.4) is 0 Å². The number of hydrogen-bond donors (Lipinski definition) is 3. The summed E-state index contributed by atoms with van der Waals surface area (Å²) in [6.07, 6.45) is 5.36. The zero-order valence-electron chi connectivity index (χ0n) is 11.0. The maximum Gasteiger partial charge on any atom is 0.326 e. The molecule has 6 nitrogen and oxygen atoms in total. The molecular weight excluding hydrogens is 248 g/mol. The molecule has 0 bridgehead atoms. The Morgan fingerprint density at radius 3 is 2.58 bits per heavy atom. The molecule has 0 aromatic rings. The summed E-state index contributed by atoms with van der Waals surface area (Å²) in [6.45, 7) is 0.689. The van der Waals surface area contributed by atoms with E-state index in [2.05, 4.69) is 5.32 Å². The van der Waals surface area contributed by atoms with E-state index in [0.717, 1.165) is 6.42 Å². The minimum absolute atomic E-state index is 0.103. The first-order valence-electron chi connectivity index (χ1n) is 7.03. The van der Waals surface area contributed by atoms with Crippen LogP contribution in [0.2, 0.25) is 0 Å². The number of aliphatic carboxylic acids is 1. The quantitative estimate of drug-likeness (QED) is 0.704. The van der Waals surface area contributed by atoms with Crippen LogP contribution in [0.1, 0.15) is 38.5 Å². The lowest BCUT2D eigenvalue weighted by atomic mass is 10.0. The van der Waals surface area contributed by atoms with Crippen molar-refractivity contribution in [1.29, 1.82) is 0 Å². The number of carboxylic acids is 1. The Morgan fingerprint density at radius 2 is 1.95 bits per heavy atom. The maximum absolute atomic E-state index is 11.9. The molecule has 1 aliphatic carbocycles. The van der Waals surface area contributed by atoms with Gasteiger partial charge in [-0.15, -0.1) is 0 Å². The van der Waals surface area contributed by atoms with Crippen LogP contribution < -0.4 is 5.32 Å². The van der Waals surface area contributed by atoms with Crippen molar-refractivity contribution in [2.24, 2.45) is 5.92 Å². The number of carboxylic acid groups (broad SMARTS) is 1. The van der Waals surface area contributed by atoms with Gasteiger partial charge in [-0.25, -0.2) is 9.59 Å². The average Bonchev–Trinajstić information content (AvgIpc) is 2.98. The molecule has 2 atom stereocenters. The van der Waals surface area contributed by atoms with Gasteiger partial charge in [0.25, 0.3) is 0 Å². The summed E-state index contributed by atoms with van der Waals surface area (Å²) in [6, 6.07) is -1.27. The van der Waals surface area contributed by atoms with Crippen molar-refractivity contribution in [2.45, 2.75) is 50.7 Å². The molecule has 1 saturated carbocycles. The van der Waals surface area contributed by atoms with Crippen LogP contribution >= 0.6 is 0 Å². The predicted octanol–water partition coefficient (Wildman–Crippen LogP) is 0.796. The number of aliphatic hydroxyl groups is 1. The first kappa shape index (κ1) is 14.1. The lowest BCUT2D eigenvalue weighted by molar-refractivity contribution is -0.141. The Hall–Kier alpha value is -1.30. The zero-order valence-corrected chi connectivity index (χ0v) is 11.0. The van der Waals surface area contributed by atoms with Crippen LogP contribution in [0.15, 0.2) is 0 Å². The van der Waals surface area contributed by atoms with Gasteiger partial charge in [-0.3, -0.25) is 0 Å². The minimum Gasteiger partial charge on any atom is -0.480 e. The number of rotatable bonds is 4. The van der Waals surface area contributed by atoms with Crippen molar-refractivity contribution >= 4 is 12.0 Å². The summed E-state index contributed by atoms with van der Waals surface area (Å²) in [4.78, 5) is 24.2. The van der Waals surface area contributed by atoms with Crippen molar-refractivity contribution in [3.8, 4) is 0 Å². The number of β-amino-alcohol motifs (C(OH)–C–C–N with tert-alkyl or cyclic N) is 1. The van der Waals surface area contributed by atoms with E-state index in [-0.39, 0.29) is 19.0 Å². The van der Waals surface area contributed by atoms with E-state index in [0.29, 0.717) is 12.5 Å². The monoisotopic (exact) mass is 270 g/mol. The number of carbonyl (C=O) groups excluding carboxylic acids is 1. The number of urea groups is 1. The van der Waals surface area contributed by atoms with Crippen molar-refractivity contribution in [3.05, 3.63) is 0 Å². The molecule has 2 fully saturated rings. The summed E-state index contributed by atoms with van der Waals surface area (Å²) in [5, 5.41) is 21.3. The third kappa shape index (κ3) is 3.59. The number of carbonyl (C=O) groups is 2. The van der Waals surface area contributed by atoms with Crippen LogP contribution in [0.5, 0.6) is 0 Å². The van der Waals surface area contributed by atoms with Gasteiger partial charge in [-0.05, 0) is 12.3 Å². The summed E-state index contributed by atoms with van der Waals surface area (Å²) < 4.78 is 0. The lowest BCUT2D eigenvalue weighted by Gasteiger charge is -2.22. The number of nitrogens with zero attached hydrogens (tertiary/aromatic N) is 1. The van der Waals surface area contributed by atoms with Crippen molar-refractivity contribution in [3.63, 3.8) is 0 Å². The maximum atomic E-state index is 11.9. The highest BCUT2D eigenvalue weighted by Gasteiger charge is 2.38. The summed E-state index contributed by atoms with van der Waals surface area (Å²) in [5.74, 6) is -0.359. The molecule has 0 spiro atoms. The van der Waals surface area contributed by atoms with Gasteiger partial charge in [0, 0.05) is 19.5 Å². The van der Waals surface area contributed by atoms with E-state index in [9.17, 15) is 14.7 Å². The Balaban J connectivity index is 1.76. The number of hydrogen-bond acceptors (Lipinski definition) is 3. The second-order valence-electron chi connectivity index (χ2n) is 5.57. The third-order valence-corrected chi connectivity index (χ3v) is 4.13. The summed E-state index contributed by atoms with van der Waals surface area (Å²) >= 11 is 0. The largest absolute Gasteiger partial charge is 0.480 e. The molecule has 2 amide bonds. The molecule has 1 aliphatic heterocycles. The molecule has 0 aromatic heterocycles. The molecule has 1 heterocycles. The number of nitrogens with one attached hydrogen (secondary N) is 1. The Labute approximate surface area is 112 Å². The summed E-state index contributed by atoms with van der Waals surface area (Å²) in [7, 11) is 0. The van der Waals surface area contributed by atoms with E-state index in [1.807, 2.05) is 0 Å². The Bertz CT molecular complexity index is 342. The highest BCUT2D eigenvalue weighted by molar-refractivity contribution is 5.83. The predicted molar refractivity (Wildman–Crippen MR) is 68.7 cm³/mol. The molecule has 6 heteroatoms.